The van der Waals surface area contributed by atoms with Gasteiger partial charge in [0.15, 0.2) is 0 Å². The minimum atomic E-state index is 0.0269. The van der Waals surface area contributed by atoms with Gasteiger partial charge in [-0.2, -0.15) is 5.10 Å². The van der Waals surface area contributed by atoms with Crippen molar-refractivity contribution >= 4 is 27.3 Å². The molecular formula is C15H20BrN3S. The zero-order valence-electron chi connectivity index (χ0n) is 11.5. The van der Waals surface area contributed by atoms with Gasteiger partial charge in [0, 0.05) is 28.0 Å². The molecule has 0 spiro atoms. The second kappa shape index (κ2) is 6.41. The Morgan fingerprint density at radius 3 is 2.85 bits per heavy atom. The molecule has 20 heavy (non-hydrogen) atoms. The third-order valence-electron chi connectivity index (χ3n) is 4.02. The van der Waals surface area contributed by atoms with Gasteiger partial charge in [-0.15, -0.1) is 11.3 Å². The quantitative estimate of drug-likeness (QED) is 0.881. The molecule has 0 aliphatic heterocycles. The van der Waals surface area contributed by atoms with Crippen molar-refractivity contribution in [2.24, 2.45) is 5.73 Å². The highest BCUT2D eigenvalue weighted by Gasteiger charge is 2.18. The predicted octanol–water partition coefficient (Wildman–Crippen LogP) is 4.45. The van der Waals surface area contributed by atoms with Gasteiger partial charge in [-0.3, -0.25) is 4.68 Å². The number of aromatic nitrogens is 2. The van der Waals surface area contributed by atoms with Crippen LogP contribution in [0.3, 0.4) is 0 Å². The third-order valence-corrected chi connectivity index (χ3v) is 6.03. The summed E-state index contributed by atoms with van der Waals surface area (Å²) in [5.41, 5.74) is 7.39. The Bertz CT molecular complexity index is 557. The minimum Gasteiger partial charge on any atom is -0.323 e. The largest absolute Gasteiger partial charge is 0.323 e. The first-order valence-corrected chi connectivity index (χ1v) is 8.94. The molecule has 0 radical (unpaired) electrons. The first-order valence-electron chi connectivity index (χ1n) is 7.26. The maximum Gasteiger partial charge on any atom is 0.0643 e. The molecule has 2 aromatic heterocycles. The van der Waals surface area contributed by atoms with Crippen molar-refractivity contribution < 1.29 is 0 Å². The summed E-state index contributed by atoms with van der Waals surface area (Å²) < 4.78 is 3.27. The third kappa shape index (κ3) is 3.15. The first-order chi connectivity index (χ1) is 9.74. The average Bonchev–Trinajstić information content (AvgIpc) is 3.09. The van der Waals surface area contributed by atoms with Crippen LogP contribution >= 0.6 is 27.3 Å². The molecule has 0 aromatic carbocycles. The summed E-state index contributed by atoms with van der Waals surface area (Å²) in [6.07, 6.45) is 9.51. The zero-order chi connectivity index (χ0) is 13.9. The molecule has 3 nitrogen and oxygen atoms in total. The SMILES string of the molecule is NC(Cc1ccn(C2CCCCC2)n1)c1sccc1Br. The fraction of sp³-hybridized carbons (Fsp3) is 0.533. The van der Waals surface area contributed by atoms with E-state index in [-0.39, 0.29) is 6.04 Å². The van der Waals surface area contributed by atoms with Gasteiger partial charge >= 0.3 is 0 Å². The van der Waals surface area contributed by atoms with Crippen molar-refractivity contribution in [1.29, 1.82) is 0 Å². The maximum absolute atomic E-state index is 6.29. The molecule has 2 aromatic rings. The van der Waals surface area contributed by atoms with E-state index in [4.69, 9.17) is 10.8 Å². The van der Waals surface area contributed by atoms with Crippen LogP contribution in [-0.2, 0) is 6.42 Å². The number of halogens is 1. The molecule has 5 heteroatoms. The molecule has 3 rings (SSSR count). The van der Waals surface area contributed by atoms with E-state index in [0.717, 1.165) is 16.6 Å². The summed E-state index contributed by atoms with van der Waals surface area (Å²) in [5, 5.41) is 6.81. The fourth-order valence-electron chi connectivity index (χ4n) is 2.92. The molecule has 1 saturated carbocycles. The second-order valence-electron chi connectivity index (χ2n) is 5.52. The van der Waals surface area contributed by atoms with E-state index in [2.05, 4.69) is 44.3 Å². The zero-order valence-corrected chi connectivity index (χ0v) is 13.9. The lowest BCUT2D eigenvalue weighted by Crippen LogP contribution is -2.15. The van der Waals surface area contributed by atoms with Crippen molar-refractivity contribution in [2.45, 2.75) is 50.6 Å². The minimum absolute atomic E-state index is 0.0269. The van der Waals surface area contributed by atoms with Crippen LogP contribution in [0.2, 0.25) is 0 Å². The number of hydrogen-bond donors (Lipinski definition) is 1. The highest BCUT2D eigenvalue weighted by Crippen LogP contribution is 2.30. The summed E-state index contributed by atoms with van der Waals surface area (Å²) >= 11 is 5.26. The molecule has 0 saturated heterocycles. The van der Waals surface area contributed by atoms with E-state index in [0.29, 0.717) is 6.04 Å². The fourth-order valence-corrected chi connectivity index (χ4v) is 4.59. The van der Waals surface area contributed by atoms with Crippen LogP contribution in [0.15, 0.2) is 28.2 Å². The van der Waals surface area contributed by atoms with Gasteiger partial charge in [-0.05, 0) is 46.3 Å². The maximum atomic E-state index is 6.29. The number of nitrogens with two attached hydrogens (primary N) is 1. The molecule has 1 aliphatic rings. The van der Waals surface area contributed by atoms with Crippen LogP contribution in [0, 0.1) is 0 Å². The van der Waals surface area contributed by atoms with Crippen LogP contribution in [0.4, 0.5) is 0 Å². The standard InChI is InChI=1S/C15H20BrN3S/c16-13-7-9-20-15(13)14(17)10-11-6-8-19(18-11)12-4-2-1-3-5-12/h6-9,12,14H,1-5,10,17H2. The molecule has 1 unspecified atom stereocenters. The predicted molar refractivity (Wildman–Crippen MR) is 87.0 cm³/mol. The highest BCUT2D eigenvalue weighted by atomic mass is 79.9. The van der Waals surface area contributed by atoms with E-state index in [1.807, 2.05) is 0 Å². The van der Waals surface area contributed by atoms with Crippen molar-refractivity contribution in [3.63, 3.8) is 0 Å². The Balaban J connectivity index is 1.66. The molecule has 2 heterocycles. The van der Waals surface area contributed by atoms with E-state index in [1.54, 1.807) is 11.3 Å². The topological polar surface area (TPSA) is 43.8 Å². The molecule has 0 bridgehead atoms. The summed E-state index contributed by atoms with van der Waals surface area (Å²) in [6.45, 7) is 0. The van der Waals surface area contributed by atoms with E-state index in [9.17, 15) is 0 Å². The molecule has 2 N–H and O–H groups in total. The number of rotatable bonds is 4. The Morgan fingerprint density at radius 2 is 2.15 bits per heavy atom. The first kappa shape index (κ1) is 14.3. The van der Waals surface area contributed by atoms with E-state index < -0.39 is 0 Å². The summed E-state index contributed by atoms with van der Waals surface area (Å²) in [7, 11) is 0. The smallest absolute Gasteiger partial charge is 0.0643 e. The molecular weight excluding hydrogens is 334 g/mol. The monoisotopic (exact) mass is 353 g/mol. The number of thiophene rings is 1. The molecule has 0 amide bonds. The van der Waals surface area contributed by atoms with Crippen LogP contribution < -0.4 is 5.73 Å². The van der Waals surface area contributed by atoms with Gasteiger partial charge in [-0.1, -0.05) is 19.3 Å². The summed E-state index contributed by atoms with van der Waals surface area (Å²) in [6, 6.07) is 4.80. The van der Waals surface area contributed by atoms with Crippen LogP contribution in [-0.4, -0.2) is 9.78 Å². The van der Waals surface area contributed by atoms with Crippen LogP contribution in [0.25, 0.3) is 0 Å². The van der Waals surface area contributed by atoms with Gasteiger partial charge in [0.1, 0.15) is 0 Å². The lowest BCUT2D eigenvalue weighted by molar-refractivity contribution is 0.328. The number of hydrogen-bond acceptors (Lipinski definition) is 3. The lowest BCUT2D eigenvalue weighted by atomic mass is 9.96. The normalized spacial score (nSPS) is 18.3. The van der Waals surface area contributed by atoms with Crippen molar-refractivity contribution in [2.75, 3.05) is 0 Å². The lowest BCUT2D eigenvalue weighted by Gasteiger charge is -2.21. The highest BCUT2D eigenvalue weighted by molar-refractivity contribution is 9.10. The van der Waals surface area contributed by atoms with Gasteiger partial charge in [0.2, 0.25) is 0 Å². The molecule has 1 aliphatic carbocycles. The Hall–Kier alpha value is -0.650. The van der Waals surface area contributed by atoms with Gasteiger partial charge in [-0.25, -0.2) is 0 Å². The Labute approximate surface area is 132 Å². The van der Waals surface area contributed by atoms with E-state index >= 15 is 0 Å². The van der Waals surface area contributed by atoms with Crippen molar-refractivity contribution in [3.05, 3.63) is 38.8 Å². The Morgan fingerprint density at radius 1 is 1.35 bits per heavy atom. The summed E-state index contributed by atoms with van der Waals surface area (Å²) in [5.74, 6) is 0. The summed E-state index contributed by atoms with van der Waals surface area (Å²) in [4.78, 5) is 1.21. The van der Waals surface area contributed by atoms with E-state index in [1.165, 1.54) is 37.0 Å². The van der Waals surface area contributed by atoms with Crippen molar-refractivity contribution in [1.82, 2.24) is 9.78 Å². The molecule has 108 valence electrons. The second-order valence-corrected chi connectivity index (χ2v) is 7.32. The van der Waals surface area contributed by atoms with Gasteiger partial charge in [0.25, 0.3) is 0 Å². The van der Waals surface area contributed by atoms with Crippen LogP contribution in [0.1, 0.15) is 54.8 Å². The Kier molecular flexibility index (Phi) is 4.58. The van der Waals surface area contributed by atoms with Gasteiger partial charge < -0.3 is 5.73 Å². The van der Waals surface area contributed by atoms with Gasteiger partial charge in [0.05, 0.1) is 11.7 Å². The molecule has 1 fully saturated rings. The van der Waals surface area contributed by atoms with Crippen molar-refractivity contribution in [3.8, 4) is 0 Å². The number of nitrogens with zero attached hydrogens (tertiary/aromatic N) is 2. The average molecular weight is 354 g/mol. The molecule has 1 atom stereocenters. The van der Waals surface area contributed by atoms with Crippen LogP contribution in [0.5, 0.6) is 0 Å².